The highest BCUT2D eigenvalue weighted by Gasteiger charge is 2.52. The third-order valence-corrected chi connectivity index (χ3v) is 3.52. The second-order valence-corrected chi connectivity index (χ2v) is 7.14. The van der Waals surface area contributed by atoms with Gasteiger partial charge in [0.15, 0.2) is 24.6 Å². The molecule has 0 aromatic rings. The van der Waals surface area contributed by atoms with Crippen LogP contribution >= 0.6 is 0 Å². The van der Waals surface area contributed by atoms with Crippen molar-refractivity contribution in [3.63, 3.8) is 0 Å². The molecular weight excluding hydrogens is 364 g/mol. The van der Waals surface area contributed by atoms with Crippen LogP contribution in [-0.2, 0) is 42.9 Å². The van der Waals surface area contributed by atoms with Crippen LogP contribution in [-0.4, -0.2) is 66.3 Å². The van der Waals surface area contributed by atoms with Gasteiger partial charge in [0, 0.05) is 20.8 Å². The van der Waals surface area contributed by atoms with Crippen LogP contribution in [0.1, 0.15) is 41.5 Å². The highest BCUT2D eigenvalue weighted by Crippen LogP contribution is 2.29. The van der Waals surface area contributed by atoms with E-state index >= 15 is 0 Å². The molecule has 0 aromatic heterocycles. The number of esters is 4. The van der Waals surface area contributed by atoms with Gasteiger partial charge in [0.25, 0.3) is 0 Å². The van der Waals surface area contributed by atoms with Gasteiger partial charge in [-0.15, -0.1) is 0 Å². The van der Waals surface area contributed by atoms with E-state index in [-0.39, 0.29) is 6.61 Å². The van der Waals surface area contributed by atoms with Crippen LogP contribution in [0.4, 0.5) is 0 Å². The third-order valence-electron chi connectivity index (χ3n) is 3.52. The molecule has 0 aliphatic carbocycles. The molecule has 0 amide bonds. The Morgan fingerprint density at radius 1 is 0.852 bits per heavy atom. The molecule has 0 aromatic carbocycles. The van der Waals surface area contributed by atoms with Gasteiger partial charge in [-0.1, -0.05) is 0 Å². The first-order chi connectivity index (χ1) is 12.3. The Balaban J connectivity index is 3.18. The molecule has 5 atom stereocenters. The van der Waals surface area contributed by atoms with Gasteiger partial charge in [0.05, 0.1) is 5.41 Å². The van der Waals surface area contributed by atoms with Crippen molar-refractivity contribution >= 4 is 23.9 Å². The third kappa shape index (κ3) is 6.79. The van der Waals surface area contributed by atoms with Gasteiger partial charge in [0.2, 0.25) is 0 Å². The van der Waals surface area contributed by atoms with Crippen molar-refractivity contribution in [1.82, 2.24) is 0 Å². The summed E-state index contributed by atoms with van der Waals surface area (Å²) in [6.07, 6.45) is -6.91. The fraction of sp³-hybridized carbons (Fsp3) is 0.765. The minimum atomic E-state index is -1.70. The summed E-state index contributed by atoms with van der Waals surface area (Å²) in [5.74, 6) is -2.80. The molecule has 0 bridgehead atoms. The van der Waals surface area contributed by atoms with Crippen LogP contribution in [0.5, 0.6) is 0 Å². The quantitative estimate of drug-likeness (QED) is 0.508. The summed E-state index contributed by atoms with van der Waals surface area (Å²) < 4.78 is 25.8. The summed E-state index contributed by atoms with van der Waals surface area (Å²) >= 11 is 0. The number of hydrogen-bond donors (Lipinski definition) is 1. The van der Waals surface area contributed by atoms with E-state index in [0.717, 1.165) is 20.8 Å². The maximum atomic E-state index is 12.2. The van der Waals surface area contributed by atoms with Crippen molar-refractivity contribution in [3.05, 3.63) is 0 Å². The Morgan fingerprint density at radius 3 is 1.81 bits per heavy atom. The standard InChI is InChI=1S/C17H26O10/c1-8(18)23-7-11-12(24-9(2)19)13(25-10(3)20)14(15(21)26-11)27-16(22)17(4,5)6/h11-15,21H,7H2,1-6H3/t11-,12-,13+,14+,15+/m1/s1. The molecule has 27 heavy (non-hydrogen) atoms. The lowest BCUT2D eigenvalue weighted by Gasteiger charge is -2.43. The van der Waals surface area contributed by atoms with E-state index in [0.29, 0.717) is 0 Å². The van der Waals surface area contributed by atoms with Gasteiger partial charge in [-0.25, -0.2) is 0 Å². The lowest BCUT2D eigenvalue weighted by molar-refractivity contribution is -0.297. The Labute approximate surface area is 157 Å². The lowest BCUT2D eigenvalue weighted by atomic mass is 9.95. The summed E-state index contributed by atoms with van der Waals surface area (Å²) in [5, 5.41) is 10.3. The molecule has 1 N–H and O–H groups in total. The normalized spacial score (nSPS) is 28.0. The zero-order chi connectivity index (χ0) is 20.9. The van der Waals surface area contributed by atoms with Crippen LogP contribution in [0.25, 0.3) is 0 Å². The molecular formula is C17H26O10. The van der Waals surface area contributed by atoms with Crippen LogP contribution in [0, 0.1) is 5.41 Å². The zero-order valence-corrected chi connectivity index (χ0v) is 16.2. The van der Waals surface area contributed by atoms with Crippen LogP contribution in [0.2, 0.25) is 0 Å². The second-order valence-electron chi connectivity index (χ2n) is 7.14. The number of hydrogen-bond acceptors (Lipinski definition) is 10. The van der Waals surface area contributed by atoms with Crippen LogP contribution in [0.3, 0.4) is 0 Å². The minimum Gasteiger partial charge on any atom is -0.463 e. The number of carbonyl (C=O) groups excluding carboxylic acids is 4. The summed E-state index contributed by atoms with van der Waals surface area (Å²) in [6, 6.07) is 0. The number of rotatable bonds is 5. The molecule has 1 aliphatic heterocycles. The van der Waals surface area contributed by atoms with Gasteiger partial charge < -0.3 is 28.8 Å². The molecule has 0 radical (unpaired) electrons. The molecule has 1 aliphatic rings. The molecule has 1 fully saturated rings. The Hall–Kier alpha value is -2.20. The van der Waals surface area contributed by atoms with Crippen molar-refractivity contribution in [2.45, 2.75) is 72.2 Å². The van der Waals surface area contributed by atoms with Gasteiger partial charge in [-0.3, -0.25) is 19.2 Å². The number of ether oxygens (including phenoxy) is 5. The predicted octanol–water partition coefficient (Wildman–Crippen LogP) is 0.0880. The fourth-order valence-corrected chi connectivity index (χ4v) is 2.31. The first-order valence-corrected chi connectivity index (χ1v) is 8.35. The number of aliphatic hydroxyl groups excluding tert-OH is 1. The molecule has 10 nitrogen and oxygen atoms in total. The topological polar surface area (TPSA) is 135 Å². The second kappa shape index (κ2) is 9.14. The van der Waals surface area contributed by atoms with Gasteiger partial charge in [-0.05, 0) is 20.8 Å². The summed E-state index contributed by atoms with van der Waals surface area (Å²) in [6.45, 7) is 7.81. The first-order valence-electron chi connectivity index (χ1n) is 8.35. The number of aliphatic hydroxyl groups is 1. The number of carbonyl (C=O) groups is 4. The smallest absolute Gasteiger partial charge is 0.311 e. The average Bonchev–Trinajstić information content (AvgIpc) is 2.49. The van der Waals surface area contributed by atoms with Crippen molar-refractivity contribution < 1.29 is 48.0 Å². The monoisotopic (exact) mass is 390 g/mol. The fourth-order valence-electron chi connectivity index (χ4n) is 2.31. The van der Waals surface area contributed by atoms with Crippen LogP contribution in [0.15, 0.2) is 0 Å². The summed E-state index contributed by atoms with van der Waals surface area (Å²) in [5.41, 5.74) is -0.911. The largest absolute Gasteiger partial charge is 0.463 e. The van der Waals surface area contributed by atoms with E-state index < -0.39 is 60.0 Å². The van der Waals surface area contributed by atoms with Crippen molar-refractivity contribution in [2.24, 2.45) is 5.41 Å². The highest BCUT2D eigenvalue weighted by molar-refractivity contribution is 5.75. The zero-order valence-electron chi connectivity index (χ0n) is 16.2. The molecule has 154 valence electrons. The Kier molecular flexibility index (Phi) is 7.73. The van der Waals surface area contributed by atoms with E-state index in [1.54, 1.807) is 20.8 Å². The van der Waals surface area contributed by atoms with E-state index in [1.165, 1.54) is 0 Å². The molecule has 1 heterocycles. The Morgan fingerprint density at radius 2 is 1.37 bits per heavy atom. The molecule has 0 spiro atoms. The predicted molar refractivity (Wildman–Crippen MR) is 88.0 cm³/mol. The van der Waals surface area contributed by atoms with Crippen molar-refractivity contribution in [2.75, 3.05) is 6.61 Å². The first kappa shape index (κ1) is 22.8. The van der Waals surface area contributed by atoms with Gasteiger partial charge >= 0.3 is 23.9 Å². The molecule has 0 unspecified atom stereocenters. The van der Waals surface area contributed by atoms with E-state index in [1.807, 2.05) is 0 Å². The van der Waals surface area contributed by atoms with E-state index in [4.69, 9.17) is 23.7 Å². The summed E-state index contributed by atoms with van der Waals surface area (Å²) in [7, 11) is 0. The highest BCUT2D eigenvalue weighted by atomic mass is 16.7. The lowest BCUT2D eigenvalue weighted by Crippen LogP contribution is -2.62. The SMILES string of the molecule is CC(=O)OC[C@H]1O[C@H](O)[C@@H](OC(=O)C(C)(C)C)[C@@H](OC(C)=O)[C@@H]1OC(C)=O. The van der Waals surface area contributed by atoms with Crippen LogP contribution < -0.4 is 0 Å². The van der Waals surface area contributed by atoms with E-state index in [9.17, 15) is 24.3 Å². The van der Waals surface area contributed by atoms with Gasteiger partial charge in [0.1, 0.15) is 12.7 Å². The maximum absolute atomic E-state index is 12.2. The maximum Gasteiger partial charge on any atom is 0.311 e. The van der Waals surface area contributed by atoms with Crippen molar-refractivity contribution in [1.29, 1.82) is 0 Å². The van der Waals surface area contributed by atoms with E-state index in [2.05, 4.69) is 0 Å². The average molecular weight is 390 g/mol. The summed E-state index contributed by atoms with van der Waals surface area (Å²) in [4.78, 5) is 46.3. The molecule has 10 heteroatoms. The molecule has 0 saturated carbocycles. The molecule has 1 saturated heterocycles. The Bertz CT molecular complexity index is 579. The van der Waals surface area contributed by atoms with Crippen molar-refractivity contribution in [3.8, 4) is 0 Å². The molecule has 1 rings (SSSR count). The minimum absolute atomic E-state index is 0.373. The van der Waals surface area contributed by atoms with Gasteiger partial charge in [-0.2, -0.15) is 0 Å².